The number of nitrogen functional groups attached to an aromatic ring is 1. The Kier molecular flexibility index (Phi) is 4.56. The van der Waals surface area contributed by atoms with E-state index in [4.69, 9.17) is 10.5 Å². The molecule has 0 bridgehead atoms. The molecule has 1 saturated heterocycles. The Labute approximate surface area is 100 Å². The zero-order chi connectivity index (χ0) is 11.2. The molecular weight excluding hydrogens is 222 g/mol. The number of thiazole rings is 1. The lowest BCUT2D eigenvalue weighted by Crippen LogP contribution is -2.32. The number of rotatable bonds is 5. The van der Waals surface area contributed by atoms with Gasteiger partial charge in [0.2, 0.25) is 0 Å². The number of hydrogen-bond acceptors (Lipinski definition) is 5. The van der Waals surface area contributed by atoms with Crippen LogP contribution >= 0.6 is 11.3 Å². The minimum atomic E-state index is 0.585. The van der Waals surface area contributed by atoms with Crippen LogP contribution in [0.25, 0.3) is 0 Å². The number of piperidine rings is 1. The lowest BCUT2D eigenvalue weighted by atomic mass is 10.1. The summed E-state index contributed by atoms with van der Waals surface area (Å²) in [6.45, 7) is 4.87. The first kappa shape index (κ1) is 11.8. The van der Waals surface area contributed by atoms with Crippen molar-refractivity contribution in [2.45, 2.75) is 25.9 Å². The third kappa shape index (κ3) is 3.73. The number of nitrogens with two attached hydrogens (primary N) is 1. The molecule has 0 atom stereocenters. The molecule has 1 fully saturated rings. The highest BCUT2D eigenvalue weighted by Gasteiger charge is 2.09. The molecule has 0 radical (unpaired) electrons. The molecule has 4 nitrogen and oxygen atoms in total. The van der Waals surface area contributed by atoms with Crippen molar-refractivity contribution < 1.29 is 4.74 Å². The van der Waals surface area contributed by atoms with E-state index in [0.29, 0.717) is 11.7 Å². The Bertz CT molecular complexity index is 310. The van der Waals surface area contributed by atoms with E-state index < -0.39 is 0 Å². The van der Waals surface area contributed by atoms with E-state index in [1.54, 1.807) is 0 Å². The van der Waals surface area contributed by atoms with Crippen molar-refractivity contribution in [1.82, 2.24) is 9.88 Å². The number of hydrogen-bond donors (Lipinski definition) is 1. The summed E-state index contributed by atoms with van der Waals surface area (Å²) < 4.78 is 5.58. The van der Waals surface area contributed by atoms with Gasteiger partial charge in [0.15, 0.2) is 5.13 Å². The summed E-state index contributed by atoms with van der Waals surface area (Å²) in [5, 5.41) is 2.57. The fourth-order valence-electron chi connectivity index (χ4n) is 1.94. The molecule has 16 heavy (non-hydrogen) atoms. The molecule has 1 aliphatic rings. The second kappa shape index (κ2) is 6.18. The van der Waals surface area contributed by atoms with E-state index in [1.165, 1.54) is 43.7 Å². The second-order valence-electron chi connectivity index (χ2n) is 4.13. The van der Waals surface area contributed by atoms with Crippen LogP contribution in [0.3, 0.4) is 0 Å². The number of likely N-dealkylation sites (tertiary alicyclic amines) is 1. The van der Waals surface area contributed by atoms with E-state index in [1.807, 2.05) is 5.38 Å². The molecule has 1 aromatic heterocycles. The highest BCUT2D eigenvalue weighted by Crippen LogP contribution is 2.12. The lowest BCUT2D eigenvalue weighted by Gasteiger charge is -2.25. The van der Waals surface area contributed by atoms with Gasteiger partial charge in [-0.3, -0.25) is 0 Å². The van der Waals surface area contributed by atoms with Crippen LogP contribution in [0.1, 0.15) is 25.0 Å². The van der Waals surface area contributed by atoms with E-state index in [-0.39, 0.29) is 0 Å². The maximum Gasteiger partial charge on any atom is 0.180 e. The SMILES string of the molecule is Nc1nc(COCCN2CCCCC2)cs1. The predicted molar refractivity (Wildman–Crippen MR) is 66.5 cm³/mol. The first-order valence-corrected chi connectivity index (χ1v) is 6.72. The highest BCUT2D eigenvalue weighted by molar-refractivity contribution is 7.13. The van der Waals surface area contributed by atoms with Gasteiger partial charge in [0.1, 0.15) is 0 Å². The van der Waals surface area contributed by atoms with Crippen molar-refractivity contribution in [3.05, 3.63) is 11.1 Å². The van der Waals surface area contributed by atoms with Crippen LogP contribution < -0.4 is 5.73 Å². The summed E-state index contributed by atoms with van der Waals surface area (Å²) in [7, 11) is 0. The summed E-state index contributed by atoms with van der Waals surface area (Å²) >= 11 is 1.47. The van der Waals surface area contributed by atoms with Crippen LogP contribution in [0.4, 0.5) is 5.13 Å². The van der Waals surface area contributed by atoms with Gasteiger partial charge in [0, 0.05) is 11.9 Å². The predicted octanol–water partition coefficient (Wildman–Crippen LogP) is 1.73. The van der Waals surface area contributed by atoms with Gasteiger partial charge < -0.3 is 15.4 Å². The smallest absolute Gasteiger partial charge is 0.180 e. The molecule has 0 unspecified atom stereocenters. The van der Waals surface area contributed by atoms with E-state index in [9.17, 15) is 0 Å². The summed E-state index contributed by atoms with van der Waals surface area (Å²) in [6.07, 6.45) is 4.06. The summed E-state index contributed by atoms with van der Waals surface area (Å²) in [6, 6.07) is 0. The van der Waals surface area contributed by atoms with Crippen LogP contribution in [-0.2, 0) is 11.3 Å². The normalized spacial score (nSPS) is 17.8. The first-order chi connectivity index (χ1) is 7.84. The van der Waals surface area contributed by atoms with Gasteiger partial charge in [-0.25, -0.2) is 4.98 Å². The fourth-order valence-corrected chi connectivity index (χ4v) is 2.49. The van der Waals surface area contributed by atoms with Gasteiger partial charge in [-0.1, -0.05) is 6.42 Å². The third-order valence-electron chi connectivity index (χ3n) is 2.82. The zero-order valence-corrected chi connectivity index (χ0v) is 10.3. The minimum Gasteiger partial charge on any atom is -0.375 e. The van der Waals surface area contributed by atoms with Crippen molar-refractivity contribution in [1.29, 1.82) is 0 Å². The fraction of sp³-hybridized carbons (Fsp3) is 0.727. The lowest BCUT2D eigenvalue weighted by molar-refractivity contribution is 0.0848. The molecule has 0 aromatic carbocycles. The highest BCUT2D eigenvalue weighted by atomic mass is 32.1. The standard InChI is InChI=1S/C11H19N3OS/c12-11-13-10(9-16-11)8-15-7-6-14-4-2-1-3-5-14/h9H,1-8H2,(H2,12,13). The van der Waals surface area contributed by atoms with Gasteiger partial charge in [-0.05, 0) is 25.9 Å². The molecule has 2 N–H and O–H groups in total. The monoisotopic (exact) mass is 241 g/mol. The second-order valence-corrected chi connectivity index (χ2v) is 5.02. The molecule has 0 amide bonds. The topological polar surface area (TPSA) is 51.4 Å². The molecular formula is C11H19N3OS. The van der Waals surface area contributed by atoms with Crippen LogP contribution in [0.2, 0.25) is 0 Å². The number of nitrogens with zero attached hydrogens (tertiary/aromatic N) is 2. The summed E-state index contributed by atoms with van der Waals surface area (Å²) in [5.41, 5.74) is 6.49. The molecule has 0 spiro atoms. The Morgan fingerprint density at radius 3 is 2.88 bits per heavy atom. The summed E-state index contributed by atoms with van der Waals surface area (Å²) in [5.74, 6) is 0. The Morgan fingerprint density at radius 2 is 2.19 bits per heavy atom. The third-order valence-corrected chi connectivity index (χ3v) is 3.54. The molecule has 1 aromatic rings. The molecule has 1 aliphatic heterocycles. The zero-order valence-electron chi connectivity index (χ0n) is 9.52. The van der Waals surface area contributed by atoms with E-state index >= 15 is 0 Å². The van der Waals surface area contributed by atoms with Crippen LogP contribution in [0.15, 0.2) is 5.38 Å². The first-order valence-electron chi connectivity index (χ1n) is 5.84. The van der Waals surface area contributed by atoms with Crippen molar-refractivity contribution in [3.63, 3.8) is 0 Å². The number of aromatic nitrogens is 1. The average molecular weight is 241 g/mol. The van der Waals surface area contributed by atoms with Crippen molar-refractivity contribution >= 4 is 16.5 Å². The molecule has 90 valence electrons. The maximum atomic E-state index is 5.58. The van der Waals surface area contributed by atoms with Gasteiger partial charge in [-0.15, -0.1) is 11.3 Å². The number of anilines is 1. The van der Waals surface area contributed by atoms with Gasteiger partial charge in [0.25, 0.3) is 0 Å². The van der Waals surface area contributed by atoms with Crippen LogP contribution in [-0.4, -0.2) is 36.1 Å². The molecule has 2 rings (SSSR count). The van der Waals surface area contributed by atoms with Crippen molar-refractivity contribution in [2.24, 2.45) is 0 Å². The average Bonchev–Trinajstić information content (AvgIpc) is 2.72. The van der Waals surface area contributed by atoms with Crippen LogP contribution in [0.5, 0.6) is 0 Å². The Hall–Kier alpha value is -0.650. The Morgan fingerprint density at radius 1 is 1.38 bits per heavy atom. The molecule has 2 heterocycles. The van der Waals surface area contributed by atoms with Gasteiger partial charge in [-0.2, -0.15) is 0 Å². The van der Waals surface area contributed by atoms with E-state index in [0.717, 1.165) is 18.8 Å². The number of ether oxygens (including phenoxy) is 1. The molecule has 0 saturated carbocycles. The van der Waals surface area contributed by atoms with Gasteiger partial charge >= 0.3 is 0 Å². The van der Waals surface area contributed by atoms with Gasteiger partial charge in [0.05, 0.1) is 18.9 Å². The summed E-state index contributed by atoms with van der Waals surface area (Å²) in [4.78, 5) is 6.62. The Balaban J connectivity index is 1.57. The molecule has 5 heteroatoms. The largest absolute Gasteiger partial charge is 0.375 e. The minimum absolute atomic E-state index is 0.585. The quantitative estimate of drug-likeness (QED) is 0.798. The van der Waals surface area contributed by atoms with E-state index in [2.05, 4.69) is 9.88 Å². The van der Waals surface area contributed by atoms with Crippen molar-refractivity contribution in [3.8, 4) is 0 Å². The molecule has 0 aliphatic carbocycles. The van der Waals surface area contributed by atoms with Crippen LogP contribution in [0, 0.1) is 0 Å². The van der Waals surface area contributed by atoms with Crippen molar-refractivity contribution in [2.75, 3.05) is 32.0 Å². The maximum absolute atomic E-state index is 5.58.